The highest BCUT2D eigenvalue weighted by molar-refractivity contribution is 5.93. The minimum Gasteiger partial charge on any atom is -0.481 e. The van der Waals surface area contributed by atoms with E-state index in [1.807, 2.05) is 30.3 Å². The number of carbonyl (C=O) groups is 2. The number of hydrogen-bond acceptors (Lipinski definition) is 3. The second-order valence-electron chi connectivity index (χ2n) is 4.37. The Morgan fingerprint density at radius 3 is 2.47 bits per heavy atom. The lowest BCUT2D eigenvalue weighted by molar-refractivity contribution is -0.158. The molecule has 0 fully saturated rings. The lowest BCUT2D eigenvalue weighted by atomic mass is 10.00. The van der Waals surface area contributed by atoms with Crippen molar-refractivity contribution in [1.82, 2.24) is 0 Å². The number of benzene rings is 1. The fourth-order valence-electron chi connectivity index (χ4n) is 1.91. The van der Waals surface area contributed by atoms with Gasteiger partial charge in [-0.25, -0.2) is 0 Å². The normalized spacial score (nSPS) is 11.8. The van der Waals surface area contributed by atoms with Crippen LogP contribution in [0.4, 0.5) is 0 Å². The van der Waals surface area contributed by atoms with E-state index in [0.29, 0.717) is 12.8 Å². The van der Waals surface area contributed by atoms with Crippen molar-refractivity contribution in [2.45, 2.75) is 32.6 Å². The van der Waals surface area contributed by atoms with Crippen LogP contribution in [-0.2, 0) is 20.7 Å². The molecule has 104 valence electrons. The lowest BCUT2D eigenvalue weighted by Crippen LogP contribution is -2.25. The summed E-state index contributed by atoms with van der Waals surface area (Å²) in [5.41, 5.74) is 1.23. The Morgan fingerprint density at radius 2 is 1.89 bits per heavy atom. The van der Waals surface area contributed by atoms with Crippen LogP contribution < -0.4 is 0 Å². The van der Waals surface area contributed by atoms with Gasteiger partial charge < -0.3 is 9.84 Å². The van der Waals surface area contributed by atoms with E-state index in [2.05, 4.69) is 0 Å². The van der Waals surface area contributed by atoms with Gasteiger partial charge in [0, 0.05) is 0 Å². The standard InChI is InChI=1S/C15H20O4/c1-2-19-15(18)13(14(16)17)11-7-6-10-12-8-4-3-5-9-12/h3-5,8-9,13H,2,6-7,10-11H2,1H3,(H,16,17). The number of aliphatic carboxylic acids is 1. The number of aryl methyl sites for hydroxylation is 1. The summed E-state index contributed by atoms with van der Waals surface area (Å²) in [4.78, 5) is 22.4. The van der Waals surface area contributed by atoms with Gasteiger partial charge in [-0.2, -0.15) is 0 Å². The predicted octanol–water partition coefficient (Wildman–Crippen LogP) is 2.66. The maximum Gasteiger partial charge on any atom is 0.320 e. The molecule has 0 aliphatic carbocycles. The first-order valence-corrected chi connectivity index (χ1v) is 6.58. The molecule has 0 spiro atoms. The van der Waals surface area contributed by atoms with E-state index in [-0.39, 0.29) is 6.61 Å². The Balaban J connectivity index is 2.33. The van der Waals surface area contributed by atoms with E-state index in [1.54, 1.807) is 6.92 Å². The molecule has 1 atom stereocenters. The molecular formula is C15H20O4. The molecule has 0 amide bonds. The van der Waals surface area contributed by atoms with Crippen molar-refractivity contribution in [1.29, 1.82) is 0 Å². The largest absolute Gasteiger partial charge is 0.481 e. The van der Waals surface area contributed by atoms with Crippen LogP contribution in [0, 0.1) is 5.92 Å². The van der Waals surface area contributed by atoms with Crippen molar-refractivity contribution in [3.8, 4) is 0 Å². The van der Waals surface area contributed by atoms with Crippen molar-refractivity contribution in [2.24, 2.45) is 5.92 Å². The van der Waals surface area contributed by atoms with Gasteiger partial charge >= 0.3 is 11.9 Å². The summed E-state index contributed by atoms with van der Waals surface area (Å²) in [6.45, 7) is 1.89. The molecule has 0 radical (unpaired) electrons. The minimum atomic E-state index is -1.10. The fourth-order valence-corrected chi connectivity index (χ4v) is 1.91. The third-order valence-electron chi connectivity index (χ3n) is 2.92. The number of carbonyl (C=O) groups excluding carboxylic acids is 1. The van der Waals surface area contributed by atoms with E-state index < -0.39 is 17.9 Å². The molecule has 0 aromatic heterocycles. The van der Waals surface area contributed by atoms with E-state index in [1.165, 1.54) is 5.56 Å². The molecule has 0 heterocycles. The van der Waals surface area contributed by atoms with Crippen molar-refractivity contribution in [3.05, 3.63) is 35.9 Å². The zero-order valence-corrected chi connectivity index (χ0v) is 11.2. The van der Waals surface area contributed by atoms with Gasteiger partial charge in [-0.15, -0.1) is 0 Å². The van der Waals surface area contributed by atoms with Gasteiger partial charge in [-0.05, 0) is 31.7 Å². The highest BCUT2D eigenvalue weighted by Crippen LogP contribution is 2.13. The van der Waals surface area contributed by atoms with E-state index >= 15 is 0 Å². The van der Waals surface area contributed by atoms with Gasteiger partial charge in [0.1, 0.15) is 0 Å². The van der Waals surface area contributed by atoms with Crippen LogP contribution in [0.1, 0.15) is 31.7 Å². The van der Waals surface area contributed by atoms with Gasteiger partial charge in [-0.1, -0.05) is 36.8 Å². The van der Waals surface area contributed by atoms with Crippen LogP contribution in [0.25, 0.3) is 0 Å². The average molecular weight is 264 g/mol. The summed E-state index contributed by atoms with van der Waals surface area (Å²) < 4.78 is 4.76. The Bertz CT molecular complexity index is 400. The monoisotopic (exact) mass is 264 g/mol. The summed E-state index contributed by atoms with van der Waals surface area (Å²) in [7, 11) is 0. The zero-order chi connectivity index (χ0) is 14.1. The van der Waals surface area contributed by atoms with Crippen LogP contribution in [0.3, 0.4) is 0 Å². The molecule has 0 bridgehead atoms. The van der Waals surface area contributed by atoms with E-state index in [0.717, 1.165) is 12.8 Å². The topological polar surface area (TPSA) is 63.6 Å². The smallest absolute Gasteiger partial charge is 0.320 e. The minimum absolute atomic E-state index is 0.215. The summed E-state index contributed by atoms with van der Waals surface area (Å²) in [6.07, 6.45) is 2.80. The van der Waals surface area contributed by atoms with Gasteiger partial charge in [0.15, 0.2) is 5.92 Å². The highest BCUT2D eigenvalue weighted by atomic mass is 16.5. The van der Waals surface area contributed by atoms with Crippen molar-refractivity contribution >= 4 is 11.9 Å². The molecule has 1 aromatic rings. The van der Waals surface area contributed by atoms with Gasteiger partial charge in [-0.3, -0.25) is 9.59 Å². The second kappa shape index (κ2) is 8.29. The van der Waals surface area contributed by atoms with Crippen LogP contribution >= 0.6 is 0 Å². The van der Waals surface area contributed by atoms with Crippen LogP contribution in [0.2, 0.25) is 0 Å². The van der Waals surface area contributed by atoms with Crippen LogP contribution in [0.5, 0.6) is 0 Å². The highest BCUT2D eigenvalue weighted by Gasteiger charge is 2.26. The molecule has 0 saturated carbocycles. The molecular weight excluding hydrogens is 244 g/mol. The SMILES string of the molecule is CCOC(=O)C(CCCCc1ccccc1)C(=O)O. The Morgan fingerprint density at radius 1 is 1.21 bits per heavy atom. The third-order valence-corrected chi connectivity index (χ3v) is 2.92. The average Bonchev–Trinajstić information content (AvgIpc) is 2.39. The number of hydrogen-bond donors (Lipinski definition) is 1. The zero-order valence-electron chi connectivity index (χ0n) is 11.2. The first-order valence-electron chi connectivity index (χ1n) is 6.58. The fraction of sp³-hybridized carbons (Fsp3) is 0.467. The third kappa shape index (κ3) is 5.55. The van der Waals surface area contributed by atoms with Gasteiger partial charge in [0.2, 0.25) is 0 Å². The maximum absolute atomic E-state index is 11.4. The quantitative estimate of drug-likeness (QED) is 0.445. The van der Waals surface area contributed by atoms with Crippen molar-refractivity contribution in [2.75, 3.05) is 6.61 Å². The molecule has 1 aromatic carbocycles. The Kier molecular flexibility index (Phi) is 6.64. The Labute approximate surface area is 113 Å². The van der Waals surface area contributed by atoms with Gasteiger partial charge in [0.25, 0.3) is 0 Å². The van der Waals surface area contributed by atoms with Crippen molar-refractivity contribution in [3.63, 3.8) is 0 Å². The van der Waals surface area contributed by atoms with Crippen molar-refractivity contribution < 1.29 is 19.4 Å². The Hall–Kier alpha value is -1.84. The van der Waals surface area contributed by atoms with E-state index in [4.69, 9.17) is 9.84 Å². The summed E-state index contributed by atoms with van der Waals surface area (Å²) in [6, 6.07) is 10.0. The predicted molar refractivity (Wildman–Crippen MR) is 71.8 cm³/mol. The molecule has 1 unspecified atom stereocenters. The molecule has 1 rings (SSSR count). The first-order chi connectivity index (χ1) is 9.15. The maximum atomic E-state index is 11.4. The van der Waals surface area contributed by atoms with Crippen LogP contribution in [0.15, 0.2) is 30.3 Å². The number of unbranched alkanes of at least 4 members (excludes halogenated alkanes) is 1. The summed E-state index contributed by atoms with van der Waals surface area (Å²) in [5.74, 6) is -2.76. The van der Waals surface area contributed by atoms with E-state index in [9.17, 15) is 9.59 Å². The van der Waals surface area contributed by atoms with Crippen LogP contribution in [-0.4, -0.2) is 23.7 Å². The molecule has 19 heavy (non-hydrogen) atoms. The summed E-state index contributed by atoms with van der Waals surface area (Å²) >= 11 is 0. The molecule has 4 heteroatoms. The number of ether oxygens (including phenoxy) is 1. The molecule has 0 saturated heterocycles. The second-order valence-corrected chi connectivity index (χ2v) is 4.37. The number of carboxylic acid groups (broad SMARTS) is 1. The number of esters is 1. The molecule has 1 N–H and O–H groups in total. The lowest BCUT2D eigenvalue weighted by Gasteiger charge is -2.10. The summed E-state index contributed by atoms with van der Waals surface area (Å²) in [5, 5.41) is 8.99. The first kappa shape index (κ1) is 15.2. The molecule has 4 nitrogen and oxygen atoms in total. The molecule has 0 aliphatic rings. The number of carboxylic acids is 1. The molecule has 0 aliphatic heterocycles. The number of rotatable bonds is 8. The van der Waals surface area contributed by atoms with Gasteiger partial charge in [0.05, 0.1) is 6.61 Å².